The molecule has 3 aromatic rings. The van der Waals surface area contributed by atoms with Crippen molar-refractivity contribution in [1.82, 2.24) is 9.97 Å². The SMILES string of the molecule is Cc1c(-c2cc(Cl)c3cnc(NC(=O)O[C@@H]4COC[C@H]4C)cc3c2)cnc2c1N(C(=O)OC(C)(C)C)CCO2. The van der Waals surface area contributed by atoms with Gasteiger partial charge in [0.15, 0.2) is 0 Å². The Bertz CT molecular complexity index is 1440. The average molecular weight is 555 g/mol. The maximum absolute atomic E-state index is 13.0. The second-order valence-electron chi connectivity index (χ2n) is 10.8. The van der Waals surface area contributed by atoms with Crippen molar-refractivity contribution in [1.29, 1.82) is 0 Å². The fourth-order valence-electron chi connectivity index (χ4n) is 4.63. The van der Waals surface area contributed by atoms with E-state index in [1.165, 1.54) is 0 Å². The van der Waals surface area contributed by atoms with Gasteiger partial charge in [0.2, 0.25) is 5.88 Å². The number of nitrogens with one attached hydrogen (secondary N) is 1. The number of benzene rings is 1. The number of anilines is 2. The molecule has 0 unspecified atom stereocenters. The van der Waals surface area contributed by atoms with Crippen LogP contribution in [0.4, 0.5) is 21.1 Å². The van der Waals surface area contributed by atoms with Crippen LogP contribution in [0.5, 0.6) is 5.88 Å². The predicted octanol–water partition coefficient (Wildman–Crippen LogP) is 5.98. The van der Waals surface area contributed by atoms with Gasteiger partial charge in [0.1, 0.15) is 29.8 Å². The molecule has 2 atom stereocenters. The largest absolute Gasteiger partial charge is 0.474 e. The van der Waals surface area contributed by atoms with Crippen LogP contribution in [0.15, 0.2) is 30.6 Å². The van der Waals surface area contributed by atoms with Gasteiger partial charge in [-0.15, -0.1) is 0 Å². The topological polar surface area (TPSA) is 112 Å². The van der Waals surface area contributed by atoms with E-state index in [1.807, 2.05) is 46.8 Å². The minimum absolute atomic E-state index is 0.131. The number of amides is 2. The van der Waals surface area contributed by atoms with E-state index in [0.29, 0.717) is 48.8 Å². The first kappa shape index (κ1) is 27.0. The zero-order valence-corrected chi connectivity index (χ0v) is 23.3. The first-order valence-corrected chi connectivity index (χ1v) is 13.2. The van der Waals surface area contributed by atoms with Crippen molar-refractivity contribution in [3.63, 3.8) is 0 Å². The summed E-state index contributed by atoms with van der Waals surface area (Å²) in [5.74, 6) is 0.834. The Morgan fingerprint density at radius 2 is 1.95 bits per heavy atom. The minimum Gasteiger partial charge on any atom is -0.474 e. The van der Waals surface area contributed by atoms with E-state index in [0.717, 1.165) is 27.5 Å². The summed E-state index contributed by atoms with van der Waals surface area (Å²) in [6, 6.07) is 5.49. The molecule has 0 radical (unpaired) electrons. The van der Waals surface area contributed by atoms with Gasteiger partial charge in [0.05, 0.1) is 24.8 Å². The highest BCUT2D eigenvalue weighted by Crippen LogP contribution is 2.40. The molecule has 10 nitrogen and oxygen atoms in total. The summed E-state index contributed by atoms with van der Waals surface area (Å²) in [4.78, 5) is 35.8. The Morgan fingerprint density at radius 1 is 1.15 bits per heavy atom. The number of rotatable bonds is 3. The Balaban J connectivity index is 1.46. The lowest BCUT2D eigenvalue weighted by Gasteiger charge is -2.32. The number of hydrogen-bond donors (Lipinski definition) is 1. The van der Waals surface area contributed by atoms with Crippen LogP contribution in [-0.2, 0) is 14.2 Å². The molecular formula is C28H31ClN4O6. The van der Waals surface area contributed by atoms with Gasteiger partial charge in [-0.2, -0.15) is 0 Å². The number of fused-ring (bicyclic) bond motifs is 2. The Hall–Kier alpha value is -3.63. The van der Waals surface area contributed by atoms with Gasteiger partial charge < -0.3 is 18.9 Å². The van der Waals surface area contributed by atoms with Crippen LogP contribution in [0.25, 0.3) is 21.9 Å². The van der Waals surface area contributed by atoms with Crippen LogP contribution in [-0.4, -0.2) is 60.2 Å². The summed E-state index contributed by atoms with van der Waals surface area (Å²) in [7, 11) is 0. The van der Waals surface area contributed by atoms with Crippen molar-refractivity contribution in [3.8, 4) is 17.0 Å². The normalized spacial score (nSPS) is 18.9. The molecule has 2 aliphatic heterocycles. The average Bonchev–Trinajstić information content (AvgIpc) is 3.26. The fraction of sp³-hybridized carbons (Fsp3) is 0.429. The van der Waals surface area contributed by atoms with E-state index < -0.39 is 17.8 Å². The van der Waals surface area contributed by atoms with Crippen LogP contribution in [0.3, 0.4) is 0 Å². The maximum Gasteiger partial charge on any atom is 0.415 e. The van der Waals surface area contributed by atoms with E-state index in [-0.39, 0.29) is 12.0 Å². The molecule has 39 heavy (non-hydrogen) atoms. The van der Waals surface area contributed by atoms with E-state index >= 15 is 0 Å². The van der Waals surface area contributed by atoms with Gasteiger partial charge >= 0.3 is 12.2 Å². The summed E-state index contributed by atoms with van der Waals surface area (Å²) in [6.07, 6.45) is 1.96. The highest BCUT2D eigenvalue weighted by atomic mass is 35.5. The van der Waals surface area contributed by atoms with E-state index in [4.69, 9.17) is 30.5 Å². The first-order chi connectivity index (χ1) is 18.5. The van der Waals surface area contributed by atoms with Crippen molar-refractivity contribution in [2.24, 2.45) is 5.92 Å². The van der Waals surface area contributed by atoms with Crippen LogP contribution in [0, 0.1) is 12.8 Å². The number of pyridine rings is 2. The summed E-state index contributed by atoms with van der Waals surface area (Å²) >= 11 is 6.65. The van der Waals surface area contributed by atoms with Gasteiger partial charge in [-0.05, 0) is 62.4 Å². The number of hydrogen-bond acceptors (Lipinski definition) is 8. The van der Waals surface area contributed by atoms with E-state index in [1.54, 1.807) is 23.4 Å². The molecule has 206 valence electrons. The van der Waals surface area contributed by atoms with Gasteiger partial charge in [-0.3, -0.25) is 10.2 Å². The number of carbonyl (C=O) groups is 2. The van der Waals surface area contributed by atoms with Crippen molar-refractivity contribution in [2.45, 2.75) is 46.3 Å². The molecule has 5 rings (SSSR count). The summed E-state index contributed by atoms with van der Waals surface area (Å²) in [6.45, 7) is 11.0. The summed E-state index contributed by atoms with van der Waals surface area (Å²) in [5, 5.41) is 4.66. The van der Waals surface area contributed by atoms with Crippen LogP contribution in [0.1, 0.15) is 33.3 Å². The molecule has 0 saturated carbocycles. The Morgan fingerprint density at radius 3 is 2.67 bits per heavy atom. The molecule has 2 aliphatic rings. The predicted molar refractivity (Wildman–Crippen MR) is 148 cm³/mol. The van der Waals surface area contributed by atoms with Gasteiger partial charge in [-0.25, -0.2) is 19.6 Å². The number of halogens is 1. The molecule has 2 aromatic heterocycles. The third-order valence-electron chi connectivity index (χ3n) is 6.59. The highest BCUT2D eigenvalue weighted by Gasteiger charge is 2.32. The van der Waals surface area contributed by atoms with Crippen LogP contribution >= 0.6 is 11.6 Å². The molecule has 1 fully saturated rings. The number of carbonyl (C=O) groups excluding carboxylic acids is 2. The zero-order chi connectivity index (χ0) is 27.9. The lowest BCUT2D eigenvalue weighted by atomic mass is 9.98. The molecule has 0 spiro atoms. The second-order valence-corrected chi connectivity index (χ2v) is 11.2. The Labute approximate surface area is 231 Å². The number of ether oxygens (including phenoxy) is 4. The molecule has 1 saturated heterocycles. The minimum atomic E-state index is -0.643. The second kappa shape index (κ2) is 10.5. The van der Waals surface area contributed by atoms with E-state index in [9.17, 15) is 9.59 Å². The summed E-state index contributed by atoms with van der Waals surface area (Å²) < 4.78 is 22.2. The van der Waals surface area contributed by atoms with Crippen molar-refractivity contribution < 1.29 is 28.5 Å². The van der Waals surface area contributed by atoms with Gasteiger partial charge in [0.25, 0.3) is 0 Å². The van der Waals surface area contributed by atoms with E-state index in [2.05, 4.69) is 15.3 Å². The highest BCUT2D eigenvalue weighted by molar-refractivity contribution is 6.36. The lowest BCUT2D eigenvalue weighted by Crippen LogP contribution is -2.42. The molecule has 1 aromatic carbocycles. The third-order valence-corrected chi connectivity index (χ3v) is 6.91. The quantitative estimate of drug-likeness (QED) is 0.421. The van der Waals surface area contributed by atoms with Gasteiger partial charge in [-0.1, -0.05) is 18.5 Å². The number of nitrogens with zero attached hydrogens (tertiary/aromatic N) is 3. The zero-order valence-electron chi connectivity index (χ0n) is 22.5. The third kappa shape index (κ3) is 5.72. The molecular weight excluding hydrogens is 524 g/mol. The number of aromatic nitrogens is 2. The van der Waals surface area contributed by atoms with Crippen LogP contribution in [0.2, 0.25) is 5.02 Å². The molecule has 2 amide bonds. The van der Waals surface area contributed by atoms with Crippen molar-refractivity contribution in [2.75, 3.05) is 36.6 Å². The fourth-order valence-corrected chi connectivity index (χ4v) is 4.90. The molecule has 4 heterocycles. The lowest BCUT2D eigenvalue weighted by molar-refractivity contribution is 0.0566. The van der Waals surface area contributed by atoms with Crippen molar-refractivity contribution >= 4 is 46.1 Å². The monoisotopic (exact) mass is 554 g/mol. The standard InChI is InChI=1S/C28H31ClN4O6/c1-15-13-36-14-22(15)38-26(34)32-23-10-18-8-17(9-21(29)20(18)12-30-23)19-11-31-25-24(16(19)2)33(6-7-37-25)27(35)39-28(3,4)5/h8-12,15,22H,6-7,13-14H2,1-5H3,(H,30,32,34)/t15-,22-/m1/s1. The summed E-state index contributed by atoms with van der Waals surface area (Å²) in [5.41, 5.74) is 2.28. The molecule has 0 bridgehead atoms. The first-order valence-electron chi connectivity index (χ1n) is 12.8. The molecule has 0 aliphatic carbocycles. The molecule has 11 heteroatoms. The Kier molecular flexibility index (Phi) is 7.26. The van der Waals surface area contributed by atoms with Crippen molar-refractivity contribution in [3.05, 3.63) is 41.2 Å². The smallest absolute Gasteiger partial charge is 0.415 e. The maximum atomic E-state index is 13.0. The van der Waals surface area contributed by atoms with Crippen LogP contribution < -0.4 is 15.0 Å². The van der Waals surface area contributed by atoms with Gasteiger partial charge in [0, 0.05) is 29.3 Å². The molecule has 1 N–H and O–H groups in total.